The van der Waals surface area contributed by atoms with Crippen LogP contribution in [0.5, 0.6) is 0 Å². The summed E-state index contributed by atoms with van der Waals surface area (Å²) in [6.45, 7) is 8.84. The molecule has 0 saturated heterocycles. The second-order valence-corrected chi connectivity index (χ2v) is 4.99. The topological polar surface area (TPSA) is 86.7 Å². The Morgan fingerprint density at radius 3 is 2.00 bits per heavy atom. The summed E-state index contributed by atoms with van der Waals surface area (Å²) in [5.74, 6) is -2.97. The first-order chi connectivity index (χ1) is 8.70. The van der Waals surface area contributed by atoms with E-state index in [1.165, 1.54) is 11.8 Å². The average molecular weight is 272 g/mol. The Bertz CT molecular complexity index is 342. The average Bonchev–Trinajstić information content (AvgIpc) is 2.32. The Balaban J connectivity index is 4.64. The van der Waals surface area contributed by atoms with Crippen LogP contribution in [0.15, 0.2) is 0 Å². The molecular formula is C13H24N2O4. The molecule has 0 aromatic carbocycles. The SMILES string of the molecule is CCN(CC(=O)NC(C)C)C(=O)C(C)C(C)C(=O)O. The fourth-order valence-electron chi connectivity index (χ4n) is 1.60. The first-order valence-corrected chi connectivity index (χ1v) is 6.51. The summed E-state index contributed by atoms with van der Waals surface area (Å²) in [6.07, 6.45) is 0. The van der Waals surface area contributed by atoms with E-state index in [0.29, 0.717) is 6.54 Å². The van der Waals surface area contributed by atoms with E-state index in [4.69, 9.17) is 5.11 Å². The first-order valence-electron chi connectivity index (χ1n) is 6.51. The number of hydrogen-bond donors (Lipinski definition) is 2. The Morgan fingerprint density at radius 2 is 1.63 bits per heavy atom. The van der Waals surface area contributed by atoms with Crippen LogP contribution in [-0.4, -0.2) is 46.9 Å². The molecule has 0 fully saturated rings. The number of rotatable bonds is 7. The fraction of sp³-hybridized carbons (Fsp3) is 0.769. The maximum atomic E-state index is 12.1. The van der Waals surface area contributed by atoms with Crippen molar-refractivity contribution in [3.05, 3.63) is 0 Å². The second kappa shape index (κ2) is 7.76. The van der Waals surface area contributed by atoms with Crippen molar-refractivity contribution in [2.45, 2.75) is 40.7 Å². The van der Waals surface area contributed by atoms with E-state index in [2.05, 4.69) is 5.32 Å². The minimum atomic E-state index is -1.01. The lowest BCUT2D eigenvalue weighted by Gasteiger charge is -2.26. The number of likely N-dealkylation sites (N-methyl/N-ethyl adjacent to an activating group) is 1. The largest absolute Gasteiger partial charge is 0.481 e. The number of carbonyl (C=O) groups excluding carboxylic acids is 2. The molecule has 0 aliphatic heterocycles. The first kappa shape index (κ1) is 17.4. The van der Waals surface area contributed by atoms with E-state index in [1.54, 1.807) is 13.8 Å². The highest BCUT2D eigenvalue weighted by Gasteiger charge is 2.29. The number of nitrogens with zero attached hydrogens (tertiary/aromatic N) is 1. The van der Waals surface area contributed by atoms with E-state index in [9.17, 15) is 14.4 Å². The van der Waals surface area contributed by atoms with Gasteiger partial charge in [0.2, 0.25) is 11.8 Å². The van der Waals surface area contributed by atoms with Crippen molar-refractivity contribution in [2.24, 2.45) is 11.8 Å². The minimum Gasteiger partial charge on any atom is -0.481 e. The van der Waals surface area contributed by atoms with Crippen molar-refractivity contribution in [1.29, 1.82) is 0 Å². The summed E-state index contributed by atoms with van der Waals surface area (Å²) >= 11 is 0. The third-order valence-electron chi connectivity index (χ3n) is 3.01. The van der Waals surface area contributed by atoms with Crippen molar-refractivity contribution >= 4 is 17.8 Å². The summed E-state index contributed by atoms with van der Waals surface area (Å²) < 4.78 is 0. The van der Waals surface area contributed by atoms with Crippen LogP contribution < -0.4 is 5.32 Å². The Hall–Kier alpha value is -1.59. The Kier molecular flexibility index (Phi) is 7.11. The number of amides is 2. The quantitative estimate of drug-likeness (QED) is 0.715. The molecule has 0 saturated carbocycles. The number of hydrogen-bond acceptors (Lipinski definition) is 3. The van der Waals surface area contributed by atoms with Crippen LogP contribution in [0.3, 0.4) is 0 Å². The van der Waals surface area contributed by atoms with Crippen LogP contribution in [0.25, 0.3) is 0 Å². The van der Waals surface area contributed by atoms with Crippen molar-refractivity contribution in [3.63, 3.8) is 0 Å². The highest BCUT2D eigenvalue weighted by molar-refractivity contribution is 5.88. The standard InChI is InChI=1S/C13H24N2O4/c1-6-15(7-11(16)14-8(2)3)12(17)9(4)10(5)13(18)19/h8-10H,6-7H2,1-5H3,(H,14,16)(H,18,19). The van der Waals surface area contributed by atoms with Crippen LogP contribution in [0.1, 0.15) is 34.6 Å². The van der Waals surface area contributed by atoms with E-state index < -0.39 is 17.8 Å². The highest BCUT2D eigenvalue weighted by Crippen LogP contribution is 2.14. The van der Waals surface area contributed by atoms with Gasteiger partial charge in [0.05, 0.1) is 12.5 Å². The fourth-order valence-corrected chi connectivity index (χ4v) is 1.60. The smallest absolute Gasteiger partial charge is 0.307 e. The summed E-state index contributed by atoms with van der Waals surface area (Å²) in [7, 11) is 0. The van der Waals surface area contributed by atoms with Gasteiger partial charge in [-0.25, -0.2) is 0 Å². The molecule has 0 heterocycles. The van der Waals surface area contributed by atoms with Gasteiger partial charge in [0.15, 0.2) is 0 Å². The van der Waals surface area contributed by atoms with Crippen molar-refractivity contribution < 1.29 is 19.5 Å². The van der Waals surface area contributed by atoms with Crippen molar-refractivity contribution in [1.82, 2.24) is 10.2 Å². The molecule has 2 N–H and O–H groups in total. The van der Waals surface area contributed by atoms with Crippen LogP contribution in [0.2, 0.25) is 0 Å². The van der Waals surface area contributed by atoms with E-state index in [-0.39, 0.29) is 24.4 Å². The molecule has 110 valence electrons. The summed E-state index contributed by atoms with van der Waals surface area (Å²) in [5, 5.41) is 11.6. The molecule has 19 heavy (non-hydrogen) atoms. The molecule has 0 aromatic heterocycles. The third-order valence-corrected chi connectivity index (χ3v) is 3.01. The van der Waals surface area contributed by atoms with Gasteiger partial charge >= 0.3 is 5.97 Å². The van der Waals surface area contributed by atoms with Crippen LogP contribution >= 0.6 is 0 Å². The molecule has 2 unspecified atom stereocenters. The molecule has 0 rings (SSSR count). The van der Waals surface area contributed by atoms with E-state index in [1.807, 2.05) is 13.8 Å². The number of carboxylic acids is 1. The van der Waals surface area contributed by atoms with Crippen LogP contribution in [0, 0.1) is 11.8 Å². The van der Waals surface area contributed by atoms with Gasteiger partial charge < -0.3 is 15.3 Å². The normalized spacial score (nSPS) is 13.8. The summed E-state index contributed by atoms with van der Waals surface area (Å²) in [5.41, 5.74) is 0. The van der Waals surface area contributed by atoms with Crippen molar-refractivity contribution in [3.8, 4) is 0 Å². The predicted molar refractivity (Wildman–Crippen MR) is 71.5 cm³/mol. The predicted octanol–water partition coefficient (Wildman–Crippen LogP) is 0.716. The van der Waals surface area contributed by atoms with E-state index in [0.717, 1.165) is 0 Å². The molecule has 0 aliphatic carbocycles. The number of aliphatic carboxylic acids is 1. The molecular weight excluding hydrogens is 248 g/mol. The maximum absolute atomic E-state index is 12.1. The zero-order chi connectivity index (χ0) is 15.2. The lowest BCUT2D eigenvalue weighted by molar-refractivity contribution is -0.149. The van der Waals surface area contributed by atoms with Gasteiger partial charge in [0.1, 0.15) is 0 Å². The van der Waals surface area contributed by atoms with Crippen LogP contribution in [0.4, 0.5) is 0 Å². The van der Waals surface area contributed by atoms with Gasteiger partial charge in [-0.1, -0.05) is 13.8 Å². The second-order valence-electron chi connectivity index (χ2n) is 4.99. The lowest BCUT2D eigenvalue weighted by atomic mass is 9.94. The van der Waals surface area contributed by atoms with Crippen molar-refractivity contribution in [2.75, 3.05) is 13.1 Å². The summed E-state index contributed by atoms with van der Waals surface area (Å²) in [6, 6.07) is 0.0108. The van der Waals surface area contributed by atoms with Gasteiger partial charge in [-0.3, -0.25) is 14.4 Å². The third kappa shape index (κ3) is 5.72. The molecule has 0 aromatic rings. The molecule has 6 heteroatoms. The van der Waals surface area contributed by atoms with Gasteiger partial charge in [-0.2, -0.15) is 0 Å². The maximum Gasteiger partial charge on any atom is 0.307 e. The Labute approximate surface area is 114 Å². The number of nitrogens with one attached hydrogen (secondary N) is 1. The Morgan fingerprint density at radius 1 is 1.11 bits per heavy atom. The summed E-state index contributed by atoms with van der Waals surface area (Å²) in [4.78, 5) is 36.0. The molecule has 0 spiro atoms. The van der Waals surface area contributed by atoms with E-state index >= 15 is 0 Å². The minimum absolute atomic E-state index is 0.0108. The monoisotopic (exact) mass is 272 g/mol. The molecule has 2 amide bonds. The zero-order valence-corrected chi connectivity index (χ0v) is 12.3. The lowest BCUT2D eigenvalue weighted by Crippen LogP contribution is -2.45. The number of carboxylic acid groups (broad SMARTS) is 1. The zero-order valence-electron chi connectivity index (χ0n) is 12.3. The molecule has 0 aliphatic rings. The van der Waals surface area contributed by atoms with Gasteiger partial charge in [0.25, 0.3) is 0 Å². The molecule has 0 radical (unpaired) electrons. The van der Waals surface area contributed by atoms with Gasteiger partial charge in [-0.15, -0.1) is 0 Å². The number of carbonyl (C=O) groups is 3. The van der Waals surface area contributed by atoms with Gasteiger partial charge in [0, 0.05) is 18.5 Å². The van der Waals surface area contributed by atoms with Gasteiger partial charge in [-0.05, 0) is 20.8 Å². The highest BCUT2D eigenvalue weighted by atomic mass is 16.4. The molecule has 2 atom stereocenters. The van der Waals surface area contributed by atoms with Crippen LogP contribution in [-0.2, 0) is 14.4 Å². The molecule has 0 bridgehead atoms. The molecule has 6 nitrogen and oxygen atoms in total.